The van der Waals surface area contributed by atoms with E-state index in [-0.39, 0.29) is 6.10 Å². The molecule has 4 heteroatoms. The number of pyridine rings is 1. The lowest BCUT2D eigenvalue weighted by Crippen LogP contribution is -2.34. The van der Waals surface area contributed by atoms with E-state index in [0.29, 0.717) is 6.61 Å². The summed E-state index contributed by atoms with van der Waals surface area (Å²) in [4.78, 5) is 7.07. The lowest BCUT2D eigenvalue weighted by molar-refractivity contribution is 0.0740. The summed E-state index contributed by atoms with van der Waals surface area (Å²) in [5.41, 5.74) is 3.54. The Labute approximate surface area is 173 Å². The molecule has 1 aliphatic rings. The summed E-state index contributed by atoms with van der Waals surface area (Å²) in [5.74, 6) is 1.69. The van der Waals surface area contributed by atoms with Gasteiger partial charge in [0.25, 0.3) is 0 Å². The lowest BCUT2D eigenvalue weighted by atomic mass is 10.1. The van der Waals surface area contributed by atoms with Gasteiger partial charge >= 0.3 is 0 Å². The largest absolute Gasteiger partial charge is 0.486 e. The fourth-order valence-electron chi connectivity index (χ4n) is 3.72. The molecule has 4 nitrogen and oxygen atoms in total. The number of ether oxygens (including phenoxy) is 2. The number of benzene rings is 2. The first-order valence-electron chi connectivity index (χ1n) is 10.4. The van der Waals surface area contributed by atoms with E-state index in [1.165, 1.54) is 11.1 Å². The first kappa shape index (κ1) is 19.5. The van der Waals surface area contributed by atoms with Crippen molar-refractivity contribution in [3.63, 3.8) is 0 Å². The van der Waals surface area contributed by atoms with Crippen molar-refractivity contribution >= 4 is 0 Å². The first-order valence-corrected chi connectivity index (χ1v) is 10.4. The van der Waals surface area contributed by atoms with Crippen molar-refractivity contribution in [2.75, 3.05) is 19.7 Å². The number of aromatic nitrogens is 1. The molecule has 1 atom stereocenters. The molecular weight excluding hydrogens is 360 g/mol. The van der Waals surface area contributed by atoms with Gasteiger partial charge in [-0.3, -0.25) is 9.88 Å². The first-order chi connectivity index (χ1) is 14.3. The molecule has 0 bridgehead atoms. The summed E-state index contributed by atoms with van der Waals surface area (Å²) in [6.07, 6.45) is 4.06. The molecule has 0 radical (unpaired) electrons. The van der Waals surface area contributed by atoms with Gasteiger partial charge in [0.15, 0.2) is 11.5 Å². The van der Waals surface area contributed by atoms with Crippen LogP contribution in [0.4, 0.5) is 0 Å². The second-order valence-corrected chi connectivity index (χ2v) is 7.46. The maximum Gasteiger partial charge on any atom is 0.161 e. The van der Waals surface area contributed by atoms with Crippen LogP contribution in [-0.4, -0.2) is 35.7 Å². The Balaban J connectivity index is 1.37. The summed E-state index contributed by atoms with van der Waals surface area (Å²) in [5, 5.41) is 0. The van der Waals surface area contributed by atoms with E-state index in [9.17, 15) is 0 Å². The molecule has 1 unspecified atom stereocenters. The van der Waals surface area contributed by atoms with Crippen LogP contribution in [0.25, 0.3) is 11.1 Å². The van der Waals surface area contributed by atoms with Crippen LogP contribution >= 0.6 is 0 Å². The number of para-hydroxylation sites is 2. The van der Waals surface area contributed by atoms with Gasteiger partial charge in [0, 0.05) is 25.7 Å². The second kappa shape index (κ2) is 9.57. The Morgan fingerprint density at radius 1 is 0.931 bits per heavy atom. The number of rotatable bonds is 8. The van der Waals surface area contributed by atoms with Crippen molar-refractivity contribution in [2.24, 2.45) is 0 Å². The molecule has 0 saturated heterocycles. The van der Waals surface area contributed by atoms with Crippen LogP contribution in [0.1, 0.15) is 25.5 Å². The highest BCUT2D eigenvalue weighted by atomic mass is 16.6. The van der Waals surface area contributed by atoms with Crippen LogP contribution < -0.4 is 9.47 Å². The Morgan fingerprint density at radius 3 is 2.55 bits per heavy atom. The smallest absolute Gasteiger partial charge is 0.161 e. The molecule has 1 aliphatic heterocycles. The molecule has 0 saturated carbocycles. The van der Waals surface area contributed by atoms with Crippen molar-refractivity contribution in [3.8, 4) is 22.6 Å². The van der Waals surface area contributed by atoms with Crippen LogP contribution in [0.2, 0.25) is 0 Å². The number of hydrogen-bond acceptors (Lipinski definition) is 4. The molecule has 3 aromatic rings. The highest BCUT2D eigenvalue weighted by molar-refractivity contribution is 5.63. The molecule has 0 aliphatic carbocycles. The van der Waals surface area contributed by atoms with Gasteiger partial charge in [-0.25, -0.2) is 0 Å². The molecule has 2 heterocycles. The quantitative estimate of drug-likeness (QED) is 0.532. The summed E-state index contributed by atoms with van der Waals surface area (Å²) in [6, 6.07) is 22.6. The second-order valence-electron chi connectivity index (χ2n) is 7.46. The topological polar surface area (TPSA) is 34.6 Å². The van der Waals surface area contributed by atoms with Crippen LogP contribution in [0.5, 0.6) is 11.5 Å². The van der Waals surface area contributed by atoms with E-state index >= 15 is 0 Å². The third-order valence-corrected chi connectivity index (χ3v) is 5.18. The average molecular weight is 389 g/mol. The monoisotopic (exact) mass is 388 g/mol. The van der Waals surface area contributed by atoms with Crippen molar-refractivity contribution in [3.05, 3.63) is 78.6 Å². The minimum atomic E-state index is 0.0906. The zero-order chi connectivity index (χ0) is 19.9. The summed E-state index contributed by atoms with van der Waals surface area (Å²) < 4.78 is 12.0. The van der Waals surface area contributed by atoms with Gasteiger partial charge in [-0.2, -0.15) is 0 Å². The van der Waals surface area contributed by atoms with Crippen LogP contribution in [0.15, 0.2) is 72.9 Å². The third kappa shape index (κ3) is 5.15. The van der Waals surface area contributed by atoms with Gasteiger partial charge in [0.1, 0.15) is 12.7 Å². The van der Waals surface area contributed by atoms with Gasteiger partial charge in [0.05, 0.1) is 5.69 Å². The average Bonchev–Trinajstić information content (AvgIpc) is 2.78. The molecule has 150 valence electrons. The van der Waals surface area contributed by atoms with Crippen LogP contribution in [0.3, 0.4) is 0 Å². The maximum absolute atomic E-state index is 6.12. The molecule has 29 heavy (non-hydrogen) atoms. The molecule has 1 aromatic heterocycles. The Hall–Kier alpha value is -2.85. The Kier molecular flexibility index (Phi) is 6.42. The predicted molar refractivity (Wildman–Crippen MR) is 116 cm³/mol. The van der Waals surface area contributed by atoms with Gasteiger partial charge in [0.2, 0.25) is 0 Å². The number of fused-ring (bicyclic) bond motifs is 1. The predicted octanol–water partition coefficient (Wildman–Crippen LogP) is 5.19. The standard InChI is InChI=1S/C25H28N2O2/c1-2-15-27(16-13-23-19-28-24-10-6-7-11-25(24)29-23)18-22-17-21(12-14-26-22)20-8-4-3-5-9-20/h3-12,14,17,23H,2,13,15-16,18-19H2,1H3. The molecule has 0 N–H and O–H groups in total. The van der Waals surface area contributed by atoms with Gasteiger partial charge in [-0.15, -0.1) is 0 Å². The third-order valence-electron chi connectivity index (χ3n) is 5.18. The van der Waals surface area contributed by atoms with Gasteiger partial charge < -0.3 is 9.47 Å². The highest BCUT2D eigenvalue weighted by Gasteiger charge is 2.21. The van der Waals surface area contributed by atoms with Gasteiger partial charge in [-0.1, -0.05) is 49.4 Å². The molecule has 0 amide bonds. The lowest BCUT2D eigenvalue weighted by Gasteiger charge is -2.29. The fraction of sp³-hybridized carbons (Fsp3) is 0.320. The zero-order valence-corrected chi connectivity index (χ0v) is 17.0. The molecule has 2 aromatic carbocycles. The molecule has 4 rings (SSSR count). The van der Waals surface area contributed by atoms with E-state index in [0.717, 1.165) is 49.7 Å². The fourth-order valence-corrected chi connectivity index (χ4v) is 3.72. The normalized spacial score (nSPS) is 15.4. The van der Waals surface area contributed by atoms with E-state index in [2.05, 4.69) is 53.2 Å². The van der Waals surface area contributed by atoms with Crippen LogP contribution in [-0.2, 0) is 6.54 Å². The summed E-state index contributed by atoms with van der Waals surface area (Å²) in [6.45, 7) is 5.68. The molecule has 0 spiro atoms. The van der Waals surface area contributed by atoms with Crippen molar-refractivity contribution in [1.29, 1.82) is 0 Å². The number of hydrogen-bond donors (Lipinski definition) is 0. The van der Waals surface area contributed by atoms with Gasteiger partial charge in [-0.05, 0) is 48.4 Å². The minimum absolute atomic E-state index is 0.0906. The minimum Gasteiger partial charge on any atom is -0.486 e. The van der Waals surface area contributed by atoms with Crippen molar-refractivity contribution in [1.82, 2.24) is 9.88 Å². The van der Waals surface area contributed by atoms with E-state index < -0.39 is 0 Å². The van der Waals surface area contributed by atoms with Crippen molar-refractivity contribution in [2.45, 2.75) is 32.4 Å². The van der Waals surface area contributed by atoms with Crippen molar-refractivity contribution < 1.29 is 9.47 Å². The number of nitrogens with zero attached hydrogens (tertiary/aromatic N) is 2. The summed E-state index contributed by atoms with van der Waals surface area (Å²) in [7, 11) is 0. The van der Waals surface area contributed by atoms with E-state index in [1.54, 1.807) is 0 Å². The summed E-state index contributed by atoms with van der Waals surface area (Å²) >= 11 is 0. The van der Waals surface area contributed by atoms with E-state index in [4.69, 9.17) is 9.47 Å². The SMILES string of the molecule is CCCN(CCC1COc2ccccc2O1)Cc1cc(-c2ccccc2)ccn1. The zero-order valence-electron chi connectivity index (χ0n) is 17.0. The van der Waals surface area contributed by atoms with E-state index in [1.807, 2.05) is 36.5 Å². The molecule has 0 fully saturated rings. The Bertz CT molecular complexity index is 913. The molecular formula is C25H28N2O2. The maximum atomic E-state index is 6.12. The van der Waals surface area contributed by atoms with Crippen LogP contribution in [0, 0.1) is 0 Å². The Morgan fingerprint density at radius 2 is 1.72 bits per heavy atom. The highest BCUT2D eigenvalue weighted by Crippen LogP contribution is 2.31.